The summed E-state index contributed by atoms with van der Waals surface area (Å²) in [5.74, 6) is -1.10. The molecular formula is C11H20N2O4. The number of likely N-dealkylation sites (tertiary alicyclic amines) is 1. The number of nitrogens with zero attached hydrogens (tertiary/aromatic N) is 1. The third-order valence-electron chi connectivity index (χ3n) is 2.99. The zero-order valence-electron chi connectivity index (χ0n) is 10.7. The molecule has 0 aromatic rings. The van der Waals surface area contributed by atoms with Crippen LogP contribution in [0.2, 0.25) is 0 Å². The molecule has 6 nitrogen and oxygen atoms in total. The highest BCUT2D eigenvalue weighted by molar-refractivity contribution is 5.85. The number of carboxylic acid groups (broad SMARTS) is 1. The molecule has 2 unspecified atom stereocenters. The van der Waals surface area contributed by atoms with Crippen molar-refractivity contribution in [2.24, 2.45) is 5.73 Å². The number of carboxylic acids is 1. The molecule has 0 radical (unpaired) electrons. The Bertz CT molecular complexity index is 337. The predicted molar refractivity (Wildman–Crippen MR) is 61.6 cm³/mol. The van der Waals surface area contributed by atoms with Gasteiger partial charge < -0.3 is 15.6 Å². The first-order valence-corrected chi connectivity index (χ1v) is 5.58. The Kier molecular flexibility index (Phi) is 3.38. The van der Waals surface area contributed by atoms with Crippen molar-refractivity contribution in [1.29, 1.82) is 0 Å². The number of carbonyl (C=O) groups is 2. The number of aliphatic carboxylic acids is 1. The minimum atomic E-state index is -1.39. The Morgan fingerprint density at radius 2 is 2.00 bits per heavy atom. The van der Waals surface area contributed by atoms with Gasteiger partial charge in [0.2, 0.25) is 0 Å². The van der Waals surface area contributed by atoms with Crippen molar-refractivity contribution in [2.45, 2.75) is 51.3 Å². The van der Waals surface area contributed by atoms with E-state index in [1.807, 2.05) is 0 Å². The molecule has 0 saturated carbocycles. The van der Waals surface area contributed by atoms with Gasteiger partial charge in [0.25, 0.3) is 0 Å². The summed E-state index contributed by atoms with van der Waals surface area (Å²) in [6.45, 7) is 6.97. The van der Waals surface area contributed by atoms with E-state index in [1.54, 1.807) is 20.8 Å². The van der Waals surface area contributed by atoms with Crippen LogP contribution in [0.4, 0.5) is 4.79 Å². The van der Waals surface area contributed by atoms with Gasteiger partial charge in [-0.15, -0.1) is 0 Å². The SMILES string of the molecule is CC(C)(C)OC(=O)N1CCC(N)C1(C)C(=O)O. The molecule has 1 heterocycles. The molecule has 1 amide bonds. The van der Waals surface area contributed by atoms with Crippen molar-refractivity contribution in [2.75, 3.05) is 6.54 Å². The van der Waals surface area contributed by atoms with Crippen LogP contribution in [0.25, 0.3) is 0 Å². The van der Waals surface area contributed by atoms with E-state index in [0.717, 1.165) is 0 Å². The number of rotatable bonds is 1. The highest BCUT2D eigenvalue weighted by Gasteiger charge is 2.52. The zero-order valence-corrected chi connectivity index (χ0v) is 10.7. The lowest BCUT2D eigenvalue weighted by atomic mass is 9.94. The maximum absolute atomic E-state index is 11.9. The topological polar surface area (TPSA) is 92.9 Å². The van der Waals surface area contributed by atoms with Gasteiger partial charge in [-0.2, -0.15) is 0 Å². The van der Waals surface area contributed by atoms with Crippen LogP contribution in [0, 0.1) is 0 Å². The number of ether oxygens (including phenoxy) is 1. The summed E-state index contributed by atoms with van der Waals surface area (Å²) in [5.41, 5.74) is 3.74. The molecule has 1 rings (SSSR count). The van der Waals surface area contributed by atoms with Crippen LogP contribution in [-0.2, 0) is 9.53 Å². The van der Waals surface area contributed by atoms with E-state index in [-0.39, 0.29) is 0 Å². The summed E-state index contributed by atoms with van der Waals surface area (Å²) < 4.78 is 5.18. The Hall–Kier alpha value is -1.30. The average molecular weight is 244 g/mol. The Balaban J connectivity index is 2.91. The second-order valence-corrected chi connectivity index (χ2v) is 5.48. The third kappa shape index (κ3) is 2.52. The summed E-state index contributed by atoms with van der Waals surface area (Å²) in [5, 5.41) is 9.23. The van der Waals surface area contributed by atoms with E-state index in [2.05, 4.69) is 0 Å². The summed E-state index contributed by atoms with van der Waals surface area (Å²) in [7, 11) is 0. The Labute approximate surface area is 101 Å². The maximum Gasteiger partial charge on any atom is 0.411 e. The van der Waals surface area contributed by atoms with Crippen LogP contribution in [0.5, 0.6) is 0 Å². The van der Waals surface area contributed by atoms with Gasteiger partial charge in [-0.05, 0) is 34.1 Å². The van der Waals surface area contributed by atoms with Gasteiger partial charge in [-0.25, -0.2) is 9.59 Å². The Morgan fingerprint density at radius 3 is 2.41 bits per heavy atom. The van der Waals surface area contributed by atoms with Gasteiger partial charge in [0.15, 0.2) is 5.54 Å². The van der Waals surface area contributed by atoms with Crippen molar-refractivity contribution >= 4 is 12.1 Å². The minimum absolute atomic E-state index is 0.304. The maximum atomic E-state index is 11.9. The minimum Gasteiger partial charge on any atom is -0.479 e. The van der Waals surface area contributed by atoms with Crippen LogP contribution in [0.3, 0.4) is 0 Å². The van der Waals surface area contributed by atoms with Crippen LogP contribution in [0.15, 0.2) is 0 Å². The normalized spacial score (nSPS) is 29.2. The number of nitrogens with two attached hydrogens (primary N) is 1. The lowest BCUT2D eigenvalue weighted by Gasteiger charge is -2.34. The first-order chi connectivity index (χ1) is 7.59. The Morgan fingerprint density at radius 1 is 1.47 bits per heavy atom. The van der Waals surface area contributed by atoms with Crippen molar-refractivity contribution in [3.05, 3.63) is 0 Å². The fourth-order valence-electron chi connectivity index (χ4n) is 1.85. The quantitative estimate of drug-likeness (QED) is 0.711. The highest BCUT2D eigenvalue weighted by atomic mass is 16.6. The molecule has 0 aromatic heterocycles. The van der Waals surface area contributed by atoms with E-state index >= 15 is 0 Å². The molecule has 98 valence electrons. The molecule has 1 aliphatic heterocycles. The largest absolute Gasteiger partial charge is 0.479 e. The molecule has 0 aromatic carbocycles. The van der Waals surface area contributed by atoms with E-state index in [4.69, 9.17) is 10.5 Å². The van der Waals surface area contributed by atoms with Crippen molar-refractivity contribution in [3.8, 4) is 0 Å². The van der Waals surface area contributed by atoms with Gasteiger partial charge in [-0.3, -0.25) is 4.90 Å². The lowest BCUT2D eigenvalue weighted by molar-refractivity contribution is -0.148. The smallest absolute Gasteiger partial charge is 0.411 e. The number of hydrogen-bond acceptors (Lipinski definition) is 4. The second-order valence-electron chi connectivity index (χ2n) is 5.48. The van der Waals surface area contributed by atoms with E-state index in [9.17, 15) is 14.7 Å². The summed E-state index contributed by atoms with van der Waals surface area (Å²) >= 11 is 0. The van der Waals surface area contributed by atoms with Crippen molar-refractivity contribution in [3.63, 3.8) is 0 Å². The molecule has 6 heteroatoms. The monoisotopic (exact) mass is 244 g/mol. The standard InChI is InChI=1S/C11H20N2O4/c1-10(2,3)17-9(16)13-6-5-7(12)11(13,4)8(14)15/h7H,5-6,12H2,1-4H3,(H,14,15). The summed E-state index contributed by atoms with van der Waals surface area (Å²) in [4.78, 5) is 24.4. The summed E-state index contributed by atoms with van der Waals surface area (Å²) in [6.07, 6.45) is -0.169. The van der Waals surface area contributed by atoms with Crippen molar-refractivity contribution < 1.29 is 19.4 Å². The zero-order chi connectivity index (χ0) is 13.4. The fourth-order valence-corrected chi connectivity index (χ4v) is 1.85. The van der Waals surface area contributed by atoms with Crippen molar-refractivity contribution in [1.82, 2.24) is 4.90 Å². The van der Waals surface area contributed by atoms with Gasteiger partial charge in [0, 0.05) is 12.6 Å². The molecule has 1 aliphatic rings. The summed E-state index contributed by atoms with van der Waals surface area (Å²) in [6, 6.07) is -0.576. The van der Waals surface area contributed by atoms with Crippen LogP contribution in [0.1, 0.15) is 34.1 Å². The van der Waals surface area contributed by atoms with Crippen LogP contribution in [-0.4, -0.2) is 45.8 Å². The van der Waals surface area contributed by atoms with Crippen LogP contribution >= 0.6 is 0 Å². The molecule has 0 aliphatic carbocycles. The third-order valence-corrected chi connectivity index (χ3v) is 2.99. The average Bonchev–Trinajstić information content (AvgIpc) is 2.42. The van der Waals surface area contributed by atoms with Gasteiger partial charge in [0.05, 0.1) is 0 Å². The van der Waals surface area contributed by atoms with Crippen LogP contribution < -0.4 is 5.73 Å². The fraction of sp³-hybridized carbons (Fsp3) is 0.818. The van der Waals surface area contributed by atoms with Gasteiger partial charge >= 0.3 is 12.1 Å². The van der Waals surface area contributed by atoms with E-state index < -0.39 is 29.2 Å². The molecule has 1 saturated heterocycles. The van der Waals surface area contributed by atoms with Gasteiger partial charge in [0.1, 0.15) is 5.60 Å². The molecule has 0 spiro atoms. The molecule has 3 N–H and O–H groups in total. The second kappa shape index (κ2) is 4.18. The van der Waals surface area contributed by atoms with Gasteiger partial charge in [-0.1, -0.05) is 0 Å². The highest BCUT2D eigenvalue weighted by Crippen LogP contribution is 2.30. The predicted octanol–water partition coefficient (Wildman–Crippen LogP) is 0.798. The number of amides is 1. The lowest BCUT2D eigenvalue weighted by Crippen LogP contribution is -2.59. The molecule has 1 fully saturated rings. The molecule has 0 bridgehead atoms. The van der Waals surface area contributed by atoms with E-state index in [0.29, 0.717) is 13.0 Å². The first-order valence-electron chi connectivity index (χ1n) is 5.58. The molecule has 17 heavy (non-hydrogen) atoms. The molecular weight excluding hydrogens is 224 g/mol. The first kappa shape index (κ1) is 13.8. The number of hydrogen-bond donors (Lipinski definition) is 2. The number of carbonyl (C=O) groups excluding carboxylic acids is 1. The molecule has 2 atom stereocenters. The van der Waals surface area contributed by atoms with E-state index in [1.165, 1.54) is 11.8 Å².